The zero-order valence-electron chi connectivity index (χ0n) is 11.0. The molecule has 0 saturated heterocycles. The van der Waals surface area contributed by atoms with Gasteiger partial charge in [0.1, 0.15) is 0 Å². The molecule has 0 aromatic heterocycles. The topological polar surface area (TPSA) is 50.7 Å². The molecule has 1 N–H and O–H groups in total. The molecule has 0 radical (unpaired) electrons. The molecule has 100 valence electrons. The molecule has 2 aromatic carbocycles. The van der Waals surface area contributed by atoms with Crippen molar-refractivity contribution in [3.05, 3.63) is 71.8 Å². The minimum absolute atomic E-state index is 0.291. The van der Waals surface area contributed by atoms with E-state index < -0.39 is 5.60 Å². The van der Waals surface area contributed by atoms with Crippen molar-refractivity contribution in [2.45, 2.75) is 12.5 Å². The Balaban J connectivity index is 2.24. The van der Waals surface area contributed by atoms with E-state index in [-0.39, 0.29) is 5.91 Å². The largest absolute Gasteiger partial charge is 0.453 e. The molecule has 0 fully saturated rings. The molecular weight excluding hydrogens is 252 g/mol. The van der Waals surface area contributed by atoms with Gasteiger partial charge in [-0.1, -0.05) is 60.7 Å². The van der Waals surface area contributed by atoms with E-state index in [9.17, 15) is 4.79 Å². The monoisotopic (exact) mass is 266 g/mol. The first-order valence-electron chi connectivity index (χ1n) is 6.38. The van der Waals surface area contributed by atoms with Gasteiger partial charge < -0.3 is 4.74 Å². The van der Waals surface area contributed by atoms with Crippen molar-refractivity contribution in [2.24, 2.45) is 5.10 Å². The van der Waals surface area contributed by atoms with Gasteiger partial charge in [0.25, 0.3) is 5.91 Å². The van der Waals surface area contributed by atoms with E-state index >= 15 is 0 Å². The summed E-state index contributed by atoms with van der Waals surface area (Å²) in [5.74, 6) is 0.137. The first kappa shape index (κ1) is 12.4. The summed E-state index contributed by atoms with van der Waals surface area (Å²) in [4.78, 5) is 12.5. The standard InChI is InChI=1S/C16H14N2O2/c1-12-17-18-15(19)16(20-12,13-8-4-2-5-9-13)14-10-6-3-7-11-14/h2-11H,1H3,(H,18,19). The van der Waals surface area contributed by atoms with Crippen molar-refractivity contribution in [1.82, 2.24) is 5.43 Å². The average molecular weight is 266 g/mol. The van der Waals surface area contributed by atoms with E-state index in [0.717, 1.165) is 11.1 Å². The number of ether oxygens (including phenoxy) is 1. The quantitative estimate of drug-likeness (QED) is 0.907. The van der Waals surface area contributed by atoms with E-state index in [1.807, 2.05) is 60.7 Å². The number of hydrazone groups is 1. The predicted molar refractivity (Wildman–Crippen MR) is 76.0 cm³/mol. The van der Waals surface area contributed by atoms with E-state index in [4.69, 9.17) is 4.74 Å². The molecule has 1 aliphatic rings. The number of benzene rings is 2. The number of amides is 1. The normalized spacial score (nSPS) is 16.9. The third kappa shape index (κ3) is 1.86. The molecule has 0 bridgehead atoms. The molecule has 1 aliphatic heterocycles. The zero-order chi connectivity index (χ0) is 14.0. The summed E-state index contributed by atoms with van der Waals surface area (Å²) < 4.78 is 5.90. The van der Waals surface area contributed by atoms with Gasteiger partial charge in [-0.05, 0) is 0 Å². The third-order valence-electron chi connectivity index (χ3n) is 3.30. The maximum atomic E-state index is 12.5. The predicted octanol–water partition coefficient (Wildman–Crippen LogP) is 2.41. The molecule has 4 heteroatoms. The number of carbonyl (C=O) groups excluding carboxylic acids is 1. The highest BCUT2D eigenvalue weighted by Gasteiger charge is 2.47. The number of rotatable bonds is 2. The molecule has 0 spiro atoms. The van der Waals surface area contributed by atoms with Crippen molar-refractivity contribution in [3.63, 3.8) is 0 Å². The SMILES string of the molecule is CC1=NNC(=O)C(c2ccccc2)(c2ccccc2)O1. The molecule has 2 aromatic rings. The molecular formula is C16H14N2O2. The summed E-state index contributed by atoms with van der Waals surface area (Å²) in [5.41, 5.74) is 2.91. The number of carbonyl (C=O) groups is 1. The van der Waals surface area contributed by atoms with Crippen LogP contribution in [0, 0.1) is 0 Å². The van der Waals surface area contributed by atoms with Gasteiger partial charge in [0.15, 0.2) is 0 Å². The molecule has 20 heavy (non-hydrogen) atoms. The second-order valence-electron chi connectivity index (χ2n) is 4.59. The second kappa shape index (κ2) is 4.81. The van der Waals surface area contributed by atoms with Gasteiger partial charge in [-0.2, -0.15) is 0 Å². The Morgan fingerprint density at radius 1 is 0.950 bits per heavy atom. The average Bonchev–Trinajstić information content (AvgIpc) is 2.51. The van der Waals surface area contributed by atoms with Crippen LogP contribution in [-0.2, 0) is 15.1 Å². The van der Waals surface area contributed by atoms with Crippen LogP contribution in [0.25, 0.3) is 0 Å². The van der Waals surface area contributed by atoms with Crippen molar-refractivity contribution in [1.29, 1.82) is 0 Å². The Morgan fingerprint density at radius 3 is 1.95 bits per heavy atom. The van der Waals surface area contributed by atoms with Crippen LogP contribution in [0.5, 0.6) is 0 Å². The van der Waals surface area contributed by atoms with Crippen LogP contribution in [0.15, 0.2) is 65.8 Å². The highest BCUT2D eigenvalue weighted by atomic mass is 16.5. The van der Waals surface area contributed by atoms with Crippen molar-refractivity contribution in [3.8, 4) is 0 Å². The summed E-state index contributed by atoms with van der Waals surface area (Å²) in [6.45, 7) is 1.72. The van der Waals surface area contributed by atoms with E-state index in [1.165, 1.54) is 0 Å². The lowest BCUT2D eigenvalue weighted by atomic mass is 9.85. The van der Waals surface area contributed by atoms with Crippen molar-refractivity contribution in [2.75, 3.05) is 0 Å². The van der Waals surface area contributed by atoms with Crippen LogP contribution >= 0.6 is 0 Å². The molecule has 1 amide bonds. The first-order valence-corrected chi connectivity index (χ1v) is 6.38. The molecule has 0 unspecified atom stereocenters. The van der Waals surface area contributed by atoms with Crippen LogP contribution < -0.4 is 5.43 Å². The van der Waals surface area contributed by atoms with E-state index in [2.05, 4.69) is 10.5 Å². The van der Waals surface area contributed by atoms with Gasteiger partial charge in [0.05, 0.1) is 0 Å². The van der Waals surface area contributed by atoms with Gasteiger partial charge in [-0.15, -0.1) is 5.10 Å². The highest BCUT2D eigenvalue weighted by Crippen LogP contribution is 2.35. The number of nitrogens with zero attached hydrogens (tertiary/aromatic N) is 1. The maximum Gasteiger partial charge on any atom is 0.293 e. The van der Waals surface area contributed by atoms with Crippen LogP contribution in [0.3, 0.4) is 0 Å². The summed E-state index contributed by atoms with van der Waals surface area (Å²) >= 11 is 0. The lowest BCUT2D eigenvalue weighted by Crippen LogP contribution is -2.50. The Labute approximate surface area is 117 Å². The highest BCUT2D eigenvalue weighted by molar-refractivity contribution is 5.95. The lowest BCUT2D eigenvalue weighted by molar-refractivity contribution is -0.137. The van der Waals surface area contributed by atoms with Gasteiger partial charge in [-0.3, -0.25) is 4.79 Å². The molecule has 4 nitrogen and oxygen atoms in total. The first-order chi connectivity index (χ1) is 9.73. The summed E-state index contributed by atoms with van der Waals surface area (Å²) in [6, 6.07) is 18.9. The van der Waals surface area contributed by atoms with Crippen LogP contribution in [0.4, 0.5) is 0 Å². The molecule has 0 atom stereocenters. The molecule has 0 saturated carbocycles. The zero-order valence-corrected chi connectivity index (χ0v) is 11.0. The van der Waals surface area contributed by atoms with Gasteiger partial charge in [-0.25, -0.2) is 5.43 Å². The third-order valence-corrected chi connectivity index (χ3v) is 3.30. The summed E-state index contributed by atoms with van der Waals surface area (Å²) in [7, 11) is 0. The van der Waals surface area contributed by atoms with Gasteiger partial charge in [0.2, 0.25) is 11.5 Å². The maximum absolute atomic E-state index is 12.5. The fourth-order valence-corrected chi connectivity index (χ4v) is 2.39. The van der Waals surface area contributed by atoms with E-state index in [1.54, 1.807) is 6.92 Å². The second-order valence-corrected chi connectivity index (χ2v) is 4.59. The van der Waals surface area contributed by atoms with Crippen molar-refractivity contribution < 1.29 is 9.53 Å². The molecule has 3 rings (SSSR count). The fraction of sp³-hybridized carbons (Fsp3) is 0.125. The van der Waals surface area contributed by atoms with Crippen LogP contribution in [-0.4, -0.2) is 11.8 Å². The Morgan fingerprint density at radius 2 is 1.45 bits per heavy atom. The number of hydrogen-bond acceptors (Lipinski definition) is 3. The molecule has 0 aliphatic carbocycles. The minimum Gasteiger partial charge on any atom is -0.453 e. The Hall–Kier alpha value is -2.62. The fourth-order valence-electron chi connectivity index (χ4n) is 2.39. The van der Waals surface area contributed by atoms with Crippen LogP contribution in [0.1, 0.15) is 18.1 Å². The van der Waals surface area contributed by atoms with Crippen molar-refractivity contribution >= 4 is 11.8 Å². The summed E-state index contributed by atoms with van der Waals surface area (Å²) in [5, 5.41) is 3.85. The smallest absolute Gasteiger partial charge is 0.293 e. The summed E-state index contributed by atoms with van der Waals surface area (Å²) in [6.07, 6.45) is 0. The van der Waals surface area contributed by atoms with Gasteiger partial charge in [0, 0.05) is 18.1 Å². The molecule has 1 heterocycles. The van der Waals surface area contributed by atoms with Gasteiger partial charge >= 0.3 is 0 Å². The Bertz CT molecular complexity index is 611. The number of hydrogen-bond donors (Lipinski definition) is 1. The van der Waals surface area contributed by atoms with E-state index in [0.29, 0.717) is 5.90 Å². The number of nitrogens with one attached hydrogen (secondary N) is 1. The minimum atomic E-state index is -1.19. The Kier molecular flexibility index (Phi) is 2.99. The lowest BCUT2D eigenvalue weighted by Gasteiger charge is -2.35. The van der Waals surface area contributed by atoms with Crippen LogP contribution in [0.2, 0.25) is 0 Å².